The van der Waals surface area contributed by atoms with Gasteiger partial charge in [-0.15, -0.1) is 0 Å². The van der Waals surface area contributed by atoms with E-state index in [9.17, 15) is 19.5 Å². The number of amides is 3. The third-order valence-electron chi connectivity index (χ3n) is 6.95. The summed E-state index contributed by atoms with van der Waals surface area (Å²) in [6, 6.07) is 12.4. The minimum Gasteiger partial charge on any atom is -0.390 e. The van der Waals surface area contributed by atoms with Crippen molar-refractivity contribution in [3.8, 4) is 0 Å². The van der Waals surface area contributed by atoms with Crippen molar-refractivity contribution in [2.24, 2.45) is 11.1 Å². The van der Waals surface area contributed by atoms with E-state index in [-0.39, 0.29) is 31.3 Å². The van der Waals surface area contributed by atoms with Gasteiger partial charge in [0.2, 0.25) is 17.7 Å². The molecule has 1 aliphatic heterocycles. The van der Waals surface area contributed by atoms with Crippen LogP contribution in [0.25, 0.3) is 10.8 Å². The van der Waals surface area contributed by atoms with Crippen molar-refractivity contribution in [2.45, 2.75) is 64.6 Å². The summed E-state index contributed by atoms with van der Waals surface area (Å²) < 4.78 is 0. The van der Waals surface area contributed by atoms with E-state index in [1.54, 1.807) is 4.90 Å². The molecule has 35 heavy (non-hydrogen) atoms. The summed E-state index contributed by atoms with van der Waals surface area (Å²) in [7, 11) is 0. The quantitative estimate of drug-likeness (QED) is 0.411. The highest BCUT2D eigenvalue weighted by molar-refractivity contribution is 5.93. The van der Waals surface area contributed by atoms with Crippen LogP contribution in [-0.4, -0.2) is 65.5 Å². The molecule has 5 N–H and O–H groups in total. The zero-order valence-electron chi connectivity index (χ0n) is 20.9. The Labute approximate surface area is 207 Å². The average molecular weight is 483 g/mol. The first kappa shape index (κ1) is 26.6. The standard InChI is InChI=1S/C27H38N4O4/c1-4-27(2,3)26(35)31-13-7-10-23(31)25(34)30-22(24(33)29-17-21(32)16-28)15-18-11-12-19-8-5-6-9-20(19)14-18/h5-6,8-9,11-12,14,21-23,32H,4,7,10,13,15-17,28H2,1-3H3,(H,29,33)(H,30,34)/t21?,22-,23+/m1/s1. The van der Waals surface area contributed by atoms with E-state index < -0.39 is 29.5 Å². The lowest BCUT2D eigenvalue weighted by molar-refractivity contribution is -0.146. The fourth-order valence-electron chi connectivity index (χ4n) is 4.33. The summed E-state index contributed by atoms with van der Waals surface area (Å²) in [5.74, 6) is -0.772. The number of hydrogen-bond acceptors (Lipinski definition) is 5. The van der Waals surface area contributed by atoms with Crippen LogP contribution in [0.5, 0.6) is 0 Å². The Morgan fingerprint density at radius 2 is 1.89 bits per heavy atom. The van der Waals surface area contributed by atoms with E-state index in [0.717, 1.165) is 22.8 Å². The highest BCUT2D eigenvalue weighted by Gasteiger charge is 2.40. The van der Waals surface area contributed by atoms with Gasteiger partial charge < -0.3 is 26.4 Å². The molecule has 8 nitrogen and oxygen atoms in total. The van der Waals surface area contributed by atoms with Gasteiger partial charge in [0, 0.05) is 31.5 Å². The van der Waals surface area contributed by atoms with Gasteiger partial charge in [-0.3, -0.25) is 14.4 Å². The van der Waals surface area contributed by atoms with E-state index in [1.165, 1.54) is 0 Å². The molecule has 1 unspecified atom stereocenters. The molecule has 0 spiro atoms. The maximum Gasteiger partial charge on any atom is 0.243 e. The maximum atomic E-state index is 13.3. The normalized spacial score (nSPS) is 17.7. The molecule has 2 aromatic rings. The fraction of sp³-hybridized carbons (Fsp3) is 0.519. The highest BCUT2D eigenvalue weighted by Crippen LogP contribution is 2.28. The molecule has 0 aliphatic carbocycles. The van der Waals surface area contributed by atoms with Gasteiger partial charge in [-0.2, -0.15) is 0 Å². The molecule has 3 atom stereocenters. The van der Waals surface area contributed by atoms with E-state index in [2.05, 4.69) is 10.6 Å². The van der Waals surface area contributed by atoms with Crippen LogP contribution in [-0.2, 0) is 20.8 Å². The Bertz CT molecular complexity index is 1050. The molecule has 0 aromatic heterocycles. The Balaban J connectivity index is 1.79. The van der Waals surface area contributed by atoms with E-state index in [4.69, 9.17) is 5.73 Å². The summed E-state index contributed by atoms with van der Waals surface area (Å²) in [6.07, 6.45) is 1.40. The van der Waals surface area contributed by atoms with Gasteiger partial charge in [-0.1, -0.05) is 63.2 Å². The number of rotatable bonds is 10. The monoisotopic (exact) mass is 482 g/mol. The summed E-state index contributed by atoms with van der Waals surface area (Å²) in [4.78, 5) is 41.1. The molecule has 3 rings (SSSR count). The van der Waals surface area contributed by atoms with Crippen LogP contribution in [0.4, 0.5) is 0 Å². The molecule has 0 saturated carbocycles. The topological polar surface area (TPSA) is 125 Å². The third kappa shape index (κ3) is 6.58. The zero-order chi connectivity index (χ0) is 25.6. The maximum absolute atomic E-state index is 13.3. The van der Waals surface area contributed by atoms with Crippen molar-refractivity contribution < 1.29 is 19.5 Å². The second-order valence-electron chi connectivity index (χ2n) is 9.98. The Kier molecular flexibility index (Phi) is 8.86. The molecule has 3 amide bonds. The van der Waals surface area contributed by atoms with Crippen LogP contribution >= 0.6 is 0 Å². The molecule has 0 bridgehead atoms. The van der Waals surface area contributed by atoms with E-state index >= 15 is 0 Å². The number of carbonyl (C=O) groups is 3. The highest BCUT2D eigenvalue weighted by atomic mass is 16.3. The third-order valence-corrected chi connectivity index (χ3v) is 6.95. The predicted octanol–water partition coefficient (Wildman–Crippen LogP) is 1.73. The lowest BCUT2D eigenvalue weighted by atomic mass is 9.88. The lowest BCUT2D eigenvalue weighted by Gasteiger charge is -2.32. The summed E-state index contributed by atoms with van der Waals surface area (Å²) in [6.45, 7) is 6.29. The number of likely N-dealkylation sites (tertiary alicyclic amines) is 1. The van der Waals surface area contributed by atoms with Crippen LogP contribution in [0.3, 0.4) is 0 Å². The number of fused-ring (bicyclic) bond motifs is 1. The van der Waals surface area contributed by atoms with Crippen molar-refractivity contribution in [3.63, 3.8) is 0 Å². The first-order valence-electron chi connectivity index (χ1n) is 12.4. The molecule has 0 radical (unpaired) electrons. The van der Waals surface area contributed by atoms with Gasteiger partial charge in [0.25, 0.3) is 0 Å². The van der Waals surface area contributed by atoms with Crippen LogP contribution in [0, 0.1) is 5.41 Å². The number of nitrogens with two attached hydrogens (primary N) is 1. The average Bonchev–Trinajstić information content (AvgIpc) is 3.36. The van der Waals surface area contributed by atoms with Crippen molar-refractivity contribution in [1.29, 1.82) is 0 Å². The number of benzene rings is 2. The molecule has 1 fully saturated rings. The Morgan fingerprint density at radius 3 is 2.57 bits per heavy atom. The van der Waals surface area contributed by atoms with Crippen molar-refractivity contribution in [3.05, 3.63) is 48.0 Å². The Hall–Kier alpha value is -2.97. The predicted molar refractivity (Wildman–Crippen MR) is 136 cm³/mol. The largest absolute Gasteiger partial charge is 0.390 e. The van der Waals surface area contributed by atoms with E-state index in [0.29, 0.717) is 19.4 Å². The summed E-state index contributed by atoms with van der Waals surface area (Å²) in [5, 5.41) is 17.5. The number of nitrogens with zero attached hydrogens (tertiary/aromatic N) is 1. The second kappa shape index (κ2) is 11.6. The summed E-state index contributed by atoms with van der Waals surface area (Å²) in [5.41, 5.74) is 5.80. The molecule has 190 valence electrons. The van der Waals surface area contributed by atoms with Gasteiger partial charge in [0.05, 0.1) is 6.10 Å². The van der Waals surface area contributed by atoms with Gasteiger partial charge in [0.15, 0.2) is 0 Å². The number of hydrogen-bond donors (Lipinski definition) is 4. The van der Waals surface area contributed by atoms with Gasteiger partial charge in [0.1, 0.15) is 12.1 Å². The Morgan fingerprint density at radius 1 is 1.17 bits per heavy atom. The first-order chi connectivity index (χ1) is 16.7. The SMILES string of the molecule is CCC(C)(C)C(=O)N1CCC[C@H]1C(=O)N[C@H](Cc1ccc2ccccc2c1)C(=O)NCC(O)CN. The second-order valence-corrected chi connectivity index (χ2v) is 9.98. The van der Waals surface area contributed by atoms with Gasteiger partial charge >= 0.3 is 0 Å². The van der Waals surface area contributed by atoms with Gasteiger partial charge in [-0.05, 0) is 35.6 Å². The number of aliphatic hydroxyl groups is 1. The molecular formula is C27H38N4O4. The molecule has 1 aliphatic rings. The van der Waals surface area contributed by atoms with Crippen molar-refractivity contribution in [2.75, 3.05) is 19.6 Å². The molecule has 2 aromatic carbocycles. The fourth-order valence-corrected chi connectivity index (χ4v) is 4.33. The number of carbonyl (C=O) groups excluding carboxylic acids is 3. The minimum atomic E-state index is -0.866. The van der Waals surface area contributed by atoms with Gasteiger partial charge in [-0.25, -0.2) is 0 Å². The van der Waals surface area contributed by atoms with Crippen LogP contribution in [0.2, 0.25) is 0 Å². The van der Waals surface area contributed by atoms with Crippen LogP contribution < -0.4 is 16.4 Å². The number of aliphatic hydroxyl groups excluding tert-OH is 1. The van der Waals surface area contributed by atoms with Crippen molar-refractivity contribution >= 4 is 28.5 Å². The van der Waals surface area contributed by atoms with Crippen molar-refractivity contribution in [1.82, 2.24) is 15.5 Å². The smallest absolute Gasteiger partial charge is 0.243 e. The molecular weight excluding hydrogens is 444 g/mol. The minimum absolute atomic E-state index is 0.00183. The van der Waals surface area contributed by atoms with E-state index in [1.807, 2.05) is 63.2 Å². The zero-order valence-corrected chi connectivity index (χ0v) is 20.9. The number of nitrogens with one attached hydrogen (secondary N) is 2. The molecule has 8 heteroatoms. The molecule has 1 saturated heterocycles. The van der Waals surface area contributed by atoms with Crippen LogP contribution in [0.15, 0.2) is 42.5 Å². The summed E-state index contributed by atoms with van der Waals surface area (Å²) >= 11 is 0. The first-order valence-corrected chi connectivity index (χ1v) is 12.4. The lowest BCUT2D eigenvalue weighted by Crippen LogP contribution is -2.55. The van der Waals surface area contributed by atoms with Crippen LogP contribution in [0.1, 0.15) is 45.6 Å². The molecule has 1 heterocycles.